The molecule has 2 N–H and O–H groups in total. The average Bonchev–Trinajstić information content (AvgIpc) is 2.55. The molecule has 0 spiro atoms. The molecule has 24 heavy (non-hydrogen) atoms. The zero-order valence-corrected chi connectivity index (χ0v) is 14.2. The van der Waals surface area contributed by atoms with Gasteiger partial charge in [-0.15, -0.1) is 10.2 Å². The Bertz CT molecular complexity index is 804. The van der Waals surface area contributed by atoms with Crippen LogP contribution in [0, 0.1) is 0 Å². The van der Waals surface area contributed by atoms with Gasteiger partial charge in [-0.25, -0.2) is 13.2 Å². The first-order chi connectivity index (χ1) is 11.3. The number of carbonyl (C=O) groups is 1. The molecule has 0 atom stereocenters. The molecule has 2 aromatic rings. The van der Waals surface area contributed by atoms with E-state index in [2.05, 4.69) is 20.2 Å². The second-order valence-electron chi connectivity index (χ2n) is 4.92. The third-order valence-electron chi connectivity index (χ3n) is 2.91. The first-order valence-electron chi connectivity index (χ1n) is 6.81. The summed E-state index contributed by atoms with van der Waals surface area (Å²) in [4.78, 5) is 12.9. The van der Waals surface area contributed by atoms with E-state index in [1.807, 2.05) is 0 Å². The minimum atomic E-state index is -3.81. The second-order valence-corrected chi connectivity index (χ2v) is 6.60. The van der Waals surface area contributed by atoms with Crippen LogP contribution in [0.1, 0.15) is 0 Å². The topological polar surface area (TPSA) is 114 Å². The average molecular weight is 351 g/mol. The Morgan fingerprint density at radius 1 is 1.08 bits per heavy atom. The molecule has 1 aromatic carbocycles. The van der Waals surface area contributed by atoms with Crippen molar-refractivity contribution in [3.05, 3.63) is 36.4 Å². The number of hydrogen-bond donors (Lipinski definition) is 2. The van der Waals surface area contributed by atoms with Gasteiger partial charge in [0, 0.05) is 25.8 Å². The maximum absolute atomic E-state index is 12.3. The molecular formula is C14H17N5O4S. The largest absolute Gasteiger partial charge is 0.480 e. The van der Waals surface area contributed by atoms with Crippen molar-refractivity contribution in [2.24, 2.45) is 0 Å². The van der Waals surface area contributed by atoms with Gasteiger partial charge in [0.1, 0.15) is 0 Å². The van der Waals surface area contributed by atoms with Crippen molar-refractivity contribution in [3.63, 3.8) is 0 Å². The molecule has 128 valence electrons. The molecule has 0 fully saturated rings. The zero-order valence-electron chi connectivity index (χ0n) is 13.3. The molecule has 1 aromatic heterocycles. The van der Waals surface area contributed by atoms with Crippen LogP contribution < -0.4 is 14.8 Å². The van der Waals surface area contributed by atoms with Crippen LogP contribution in [0.15, 0.2) is 41.3 Å². The van der Waals surface area contributed by atoms with E-state index >= 15 is 0 Å². The van der Waals surface area contributed by atoms with Gasteiger partial charge >= 0.3 is 6.03 Å². The van der Waals surface area contributed by atoms with Crippen LogP contribution in [-0.4, -0.2) is 50.8 Å². The monoisotopic (exact) mass is 351 g/mol. The molecule has 0 radical (unpaired) electrons. The normalized spacial score (nSPS) is 10.8. The van der Waals surface area contributed by atoms with Gasteiger partial charge in [0.05, 0.1) is 12.0 Å². The lowest BCUT2D eigenvalue weighted by Crippen LogP contribution is -2.27. The van der Waals surface area contributed by atoms with Crippen LogP contribution in [0.25, 0.3) is 0 Å². The van der Waals surface area contributed by atoms with Gasteiger partial charge < -0.3 is 15.0 Å². The smallest absolute Gasteiger partial charge is 0.321 e. The van der Waals surface area contributed by atoms with Crippen molar-refractivity contribution < 1.29 is 17.9 Å². The standard InChI is InChI=1S/C14H17N5O4S/c1-19(2)14(20)15-10-4-6-11(7-5-10)24(21,22)18-12-8-9-13(23-3)17-16-12/h4-9H,1-3H3,(H,15,20)(H,16,18). The van der Waals surface area contributed by atoms with Gasteiger partial charge in [0.15, 0.2) is 5.82 Å². The molecule has 0 aliphatic heterocycles. The Balaban J connectivity index is 2.12. The summed E-state index contributed by atoms with van der Waals surface area (Å²) < 4.78 is 31.8. The number of sulfonamides is 1. The second kappa shape index (κ2) is 7.13. The van der Waals surface area contributed by atoms with Gasteiger partial charge in [-0.1, -0.05) is 0 Å². The summed E-state index contributed by atoms with van der Waals surface area (Å²) in [6.45, 7) is 0. The Labute approximate surface area is 139 Å². The Kier molecular flexibility index (Phi) is 5.19. The number of benzene rings is 1. The van der Waals surface area contributed by atoms with Crippen molar-refractivity contribution >= 4 is 27.6 Å². The van der Waals surface area contributed by atoms with Crippen molar-refractivity contribution in [2.75, 3.05) is 31.2 Å². The van der Waals surface area contributed by atoms with Gasteiger partial charge in [-0.3, -0.25) is 4.72 Å². The summed E-state index contributed by atoms with van der Waals surface area (Å²) in [5, 5.41) is 10.0. The van der Waals surface area contributed by atoms with Gasteiger partial charge in [-0.2, -0.15) is 0 Å². The van der Waals surface area contributed by atoms with E-state index in [0.29, 0.717) is 5.69 Å². The molecule has 0 aliphatic rings. The third-order valence-corrected chi connectivity index (χ3v) is 4.28. The molecule has 2 rings (SSSR count). The van der Waals surface area contributed by atoms with Crippen molar-refractivity contribution in [1.82, 2.24) is 15.1 Å². The van der Waals surface area contributed by atoms with Crippen LogP contribution in [0.2, 0.25) is 0 Å². The lowest BCUT2D eigenvalue weighted by atomic mass is 10.3. The molecule has 2 amide bonds. The SMILES string of the molecule is COc1ccc(NS(=O)(=O)c2ccc(NC(=O)N(C)C)cc2)nn1. The summed E-state index contributed by atoms with van der Waals surface area (Å²) in [5.74, 6) is 0.347. The molecule has 9 nitrogen and oxygen atoms in total. The molecule has 10 heteroatoms. The summed E-state index contributed by atoms with van der Waals surface area (Å²) >= 11 is 0. The number of nitrogens with one attached hydrogen (secondary N) is 2. The molecular weight excluding hydrogens is 334 g/mol. The van der Waals surface area contributed by atoms with E-state index in [-0.39, 0.29) is 22.6 Å². The third kappa shape index (κ3) is 4.32. The zero-order chi connectivity index (χ0) is 17.7. The lowest BCUT2D eigenvalue weighted by molar-refractivity contribution is 0.230. The van der Waals surface area contributed by atoms with E-state index in [4.69, 9.17) is 4.74 Å². The van der Waals surface area contributed by atoms with Crippen LogP contribution >= 0.6 is 0 Å². The highest BCUT2D eigenvalue weighted by Gasteiger charge is 2.15. The van der Waals surface area contributed by atoms with Gasteiger partial charge in [0.25, 0.3) is 10.0 Å². The fraction of sp³-hybridized carbons (Fsp3) is 0.214. The van der Waals surface area contributed by atoms with Crippen molar-refractivity contribution in [2.45, 2.75) is 4.90 Å². The van der Waals surface area contributed by atoms with E-state index in [1.165, 1.54) is 48.4 Å². The Morgan fingerprint density at radius 3 is 2.25 bits per heavy atom. The van der Waals surface area contributed by atoms with Crippen LogP contribution in [0.5, 0.6) is 5.88 Å². The van der Waals surface area contributed by atoms with Gasteiger partial charge in [-0.05, 0) is 30.3 Å². The number of nitrogens with zero attached hydrogens (tertiary/aromatic N) is 3. The Morgan fingerprint density at radius 2 is 1.75 bits per heavy atom. The number of aromatic nitrogens is 2. The molecule has 0 aliphatic carbocycles. The molecule has 0 saturated carbocycles. The quantitative estimate of drug-likeness (QED) is 0.841. The summed E-state index contributed by atoms with van der Waals surface area (Å²) in [6, 6.07) is 8.37. The number of rotatable bonds is 5. The number of amides is 2. The van der Waals surface area contributed by atoms with Gasteiger partial charge in [0.2, 0.25) is 5.88 Å². The summed E-state index contributed by atoms with van der Waals surface area (Å²) in [6.07, 6.45) is 0. The molecule has 1 heterocycles. The number of urea groups is 1. The molecule has 0 unspecified atom stereocenters. The van der Waals surface area contributed by atoms with Crippen LogP contribution in [-0.2, 0) is 10.0 Å². The first kappa shape index (κ1) is 17.5. The first-order valence-corrected chi connectivity index (χ1v) is 8.29. The van der Waals surface area contributed by atoms with E-state index < -0.39 is 10.0 Å². The van der Waals surface area contributed by atoms with Crippen LogP contribution in [0.4, 0.5) is 16.3 Å². The Hall–Kier alpha value is -2.88. The highest BCUT2D eigenvalue weighted by molar-refractivity contribution is 7.92. The molecule has 0 bridgehead atoms. The number of ether oxygens (including phenoxy) is 1. The van der Waals surface area contributed by atoms with Crippen molar-refractivity contribution in [1.29, 1.82) is 0 Å². The highest BCUT2D eigenvalue weighted by atomic mass is 32.2. The maximum atomic E-state index is 12.3. The number of anilines is 2. The fourth-order valence-electron chi connectivity index (χ4n) is 1.63. The number of methoxy groups -OCH3 is 1. The molecule has 0 saturated heterocycles. The lowest BCUT2D eigenvalue weighted by Gasteiger charge is -2.12. The highest BCUT2D eigenvalue weighted by Crippen LogP contribution is 2.17. The minimum absolute atomic E-state index is 0.0305. The predicted octanol–water partition coefficient (Wildman–Crippen LogP) is 1.38. The van der Waals surface area contributed by atoms with Crippen molar-refractivity contribution in [3.8, 4) is 5.88 Å². The minimum Gasteiger partial charge on any atom is -0.480 e. The number of hydrogen-bond acceptors (Lipinski definition) is 6. The summed E-state index contributed by atoms with van der Waals surface area (Å²) in [7, 11) is 0.834. The predicted molar refractivity (Wildman–Crippen MR) is 88.5 cm³/mol. The van der Waals surface area contributed by atoms with E-state index in [0.717, 1.165) is 0 Å². The van der Waals surface area contributed by atoms with Crippen LogP contribution in [0.3, 0.4) is 0 Å². The van der Waals surface area contributed by atoms with E-state index in [1.54, 1.807) is 14.1 Å². The number of carbonyl (C=O) groups excluding carboxylic acids is 1. The maximum Gasteiger partial charge on any atom is 0.321 e. The van der Waals surface area contributed by atoms with E-state index in [9.17, 15) is 13.2 Å². The fourth-order valence-corrected chi connectivity index (χ4v) is 2.63. The summed E-state index contributed by atoms with van der Waals surface area (Å²) in [5.41, 5.74) is 0.483.